The SMILES string of the molecule is CCCOCCN1C(=O)C2C(c3ccc(/C=C/c4ccccc4)cc3)NC(Cc3ccc4ccccc4c3)(C(=O)O)C2C1=O. The Bertz CT molecular complexity index is 1700. The number of benzene rings is 4. The summed E-state index contributed by atoms with van der Waals surface area (Å²) in [6, 6.07) is 30.8. The van der Waals surface area contributed by atoms with E-state index in [0.717, 1.165) is 39.4 Å². The number of amides is 2. The smallest absolute Gasteiger partial charge is 0.325 e. The first kappa shape index (κ1) is 29.5. The lowest BCUT2D eigenvalue weighted by Gasteiger charge is -2.31. The summed E-state index contributed by atoms with van der Waals surface area (Å²) in [7, 11) is 0. The molecule has 0 saturated carbocycles. The van der Waals surface area contributed by atoms with Crippen molar-refractivity contribution in [3.05, 3.63) is 119 Å². The highest BCUT2D eigenvalue weighted by atomic mass is 16.5. The molecule has 4 unspecified atom stereocenters. The molecule has 6 rings (SSSR count). The van der Waals surface area contributed by atoms with Gasteiger partial charge in [0.05, 0.1) is 25.0 Å². The number of carbonyl (C=O) groups excluding carboxylic acids is 2. The van der Waals surface area contributed by atoms with E-state index >= 15 is 0 Å². The van der Waals surface area contributed by atoms with Crippen LogP contribution in [0, 0.1) is 11.8 Å². The van der Waals surface area contributed by atoms with Crippen LogP contribution >= 0.6 is 0 Å². The predicted molar refractivity (Wildman–Crippen MR) is 171 cm³/mol. The Kier molecular flexibility index (Phi) is 8.42. The van der Waals surface area contributed by atoms with Gasteiger partial charge >= 0.3 is 5.97 Å². The van der Waals surface area contributed by atoms with Gasteiger partial charge in [-0.2, -0.15) is 0 Å². The molecule has 4 aromatic carbocycles. The summed E-state index contributed by atoms with van der Waals surface area (Å²) in [4.78, 5) is 42.4. The van der Waals surface area contributed by atoms with Crippen LogP contribution in [-0.4, -0.2) is 53.1 Å². The highest BCUT2D eigenvalue weighted by Gasteiger charge is 2.68. The summed E-state index contributed by atoms with van der Waals surface area (Å²) >= 11 is 0. The molecule has 2 N–H and O–H groups in total. The van der Waals surface area contributed by atoms with Crippen molar-refractivity contribution in [2.75, 3.05) is 19.8 Å². The number of ether oxygens (including phenoxy) is 1. The first-order valence-electron chi connectivity index (χ1n) is 15.2. The van der Waals surface area contributed by atoms with Crippen LogP contribution in [0.2, 0.25) is 0 Å². The van der Waals surface area contributed by atoms with Crippen molar-refractivity contribution in [2.24, 2.45) is 11.8 Å². The number of likely N-dealkylation sites (tertiary alicyclic amines) is 1. The van der Waals surface area contributed by atoms with Crippen LogP contribution in [-0.2, 0) is 25.5 Å². The number of aliphatic carboxylic acids is 1. The van der Waals surface area contributed by atoms with Gasteiger partial charge in [-0.15, -0.1) is 0 Å². The molecule has 44 heavy (non-hydrogen) atoms. The molecule has 2 saturated heterocycles. The lowest BCUT2D eigenvalue weighted by Crippen LogP contribution is -2.57. The van der Waals surface area contributed by atoms with Crippen molar-refractivity contribution in [3.8, 4) is 0 Å². The molecule has 2 fully saturated rings. The molecule has 7 heteroatoms. The minimum Gasteiger partial charge on any atom is -0.480 e. The zero-order valence-electron chi connectivity index (χ0n) is 24.7. The monoisotopic (exact) mass is 588 g/mol. The molecule has 0 spiro atoms. The number of nitrogens with zero attached hydrogens (tertiary/aromatic N) is 1. The number of hydrogen-bond donors (Lipinski definition) is 2. The normalized spacial score (nSPS) is 23.1. The van der Waals surface area contributed by atoms with Gasteiger partial charge < -0.3 is 9.84 Å². The average Bonchev–Trinajstić information content (AvgIpc) is 3.52. The van der Waals surface area contributed by atoms with Crippen molar-refractivity contribution in [1.29, 1.82) is 0 Å². The lowest BCUT2D eigenvalue weighted by molar-refractivity contribution is -0.151. The van der Waals surface area contributed by atoms with Gasteiger partial charge in [0.1, 0.15) is 5.54 Å². The van der Waals surface area contributed by atoms with Crippen LogP contribution in [0.5, 0.6) is 0 Å². The molecule has 0 aliphatic carbocycles. The second kappa shape index (κ2) is 12.6. The fourth-order valence-corrected chi connectivity index (χ4v) is 6.65. The largest absolute Gasteiger partial charge is 0.480 e. The van der Waals surface area contributed by atoms with E-state index in [4.69, 9.17) is 4.74 Å². The maximum absolute atomic E-state index is 14.0. The highest BCUT2D eigenvalue weighted by molar-refractivity contribution is 6.09. The third-order valence-corrected chi connectivity index (χ3v) is 8.80. The maximum atomic E-state index is 14.0. The topological polar surface area (TPSA) is 95.9 Å². The molecule has 0 aromatic heterocycles. The molecule has 2 aliphatic rings. The Balaban J connectivity index is 1.35. The van der Waals surface area contributed by atoms with Crippen LogP contribution in [0.25, 0.3) is 22.9 Å². The van der Waals surface area contributed by atoms with Crippen LogP contribution in [0.3, 0.4) is 0 Å². The van der Waals surface area contributed by atoms with Gasteiger partial charge in [0.25, 0.3) is 0 Å². The zero-order chi connectivity index (χ0) is 30.7. The number of nitrogens with one attached hydrogen (secondary N) is 1. The van der Waals surface area contributed by atoms with E-state index in [1.807, 2.05) is 116 Å². The third-order valence-electron chi connectivity index (χ3n) is 8.80. The first-order valence-corrected chi connectivity index (χ1v) is 15.2. The number of imide groups is 1. The molecule has 0 bridgehead atoms. The predicted octanol–water partition coefficient (Wildman–Crippen LogP) is 5.75. The molecule has 7 nitrogen and oxygen atoms in total. The van der Waals surface area contributed by atoms with Crippen LogP contribution < -0.4 is 5.32 Å². The van der Waals surface area contributed by atoms with Crippen molar-refractivity contribution < 1.29 is 24.2 Å². The van der Waals surface area contributed by atoms with Crippen molar-refractivity contribution in [3.63, 3.8) is 0 Å². The Morgan fingerprint density at radius 2 is 1.55 bits per heavy atom. The van der Waals surface area contributed by atoms with Gasteiger partial charge in [0.2, 0.25) is 11.8 Å². The number of carbonyl (C=O) groups is 3. The van der Waals surface area contributed by atoms with Gasteiger partial charge in [-0.05, 0) is 39.4 Å². The Hall–Kier alpha value is -4.59. The second-order valence-corrected chi connectivity index (χ2v) is 11.6. The molecule has 4 atom stereocenters. The minimum atomic E-state index is -1.67. The molecule has 2 heterocycles. The number of carboxylic acids is 1. The highest BCUT2D eigenvalue weighted by Crippen LogP contribution is 2.50. The van der Waals surface area contributed by atoms with E-state index in [1.165, 1.54) is 4.90 Å². The number of rotatable bonds is 11. The van der Waals surface area contributed by atoms with Crippen molar-refractivity contribution in [2.45, 2.75) is 31.3 Å². The first-order chi connectivity index (χ1) is 21.4. The standard InChI is InChI=1S/C37H36N2O5/c1-2-21-44-22-20-39-34(40)31-32(35(39)41)37(36(42)43,24-27-16-17-28-10-6-7-11-30(28)23-27)38-33(31)29-18-14-26(15-19-29)13-12-25-8-4-3-5-9-25/h3-19,23,31-33,38H,2,20-22,24H2,1H3,(H,42,43)/b13-12+. The fraction of sp³-hybridized carbons (Fsp3) is 0.270. The lowest BCUT2D eigenvalue weighted by atomic mass is 9.76. The van der Waals surface area contributed by atoms with E-state index in [9.17, 15) is 19.5 Å². The Morgan fingerprint density at radius 1 is 0.864 bits per heavy atom. The van der Waals surface area contributed by atoms with E-state index in [-0.39, 0.29) is 25.5 Å². The van der Waals surface area contributed by atoms with Gasteiger partial charge in [-0.25, -0.2) is 0 Å². The summed E-state index contributed by atoms with van der Waals surface area (Å²) in [6.45, 7) is 2.84. The molecular formula is C37H36N2O5. The Morgan fingerprint density at radius 3 is 2.25 bits per heavy atom. The average molecular weight is 589 g/mol. The molecule has 0 radical (unpaired) electrons. The van der Waals surface area contributed by atoms with Crippen LogP contribution in [0.4, 0.5) is 0 Å². The molecule has 2 amide bonds. The number of carboxylic acid groups (broad SMARTS) is 1. The molecular weight excluding hydrogens is 552 g/mol. The summed E-state index contributed by atoms with van der Waals surface area (Å²) in [5.41, 5.74) is 1.93. The van der Waals surface area contributed by atoms with Crippen LogP contribution in [0.1, 0.15) is 41.6 Å². The van der Waals surface area contributed by atoms with Gasteiger partial charge in [0, 0.05) is 19.1 Å². The maximum Gasteiger partial charge on any atom is 0.325 e. The van der Waals surface area contributed by atoms with Crippen molar-refractivity contribution in [1.82, 2.24) is 10.2 Å². The van der Waals surface area contributed by atoms with E-state index in [0.29, 0.717) is 6.61 Å². The van der Waals surface area contributed by atoms with Gasteiger partial charge in [0.15, 0.2) is 0 Å². The molecule has 2 aliphatic heterocycles. The molecule has 224 valence electrons. The van der Waals surface area contributed by atoms with Crippen LogP contribution in [0.15, 0.2) is 97.1 Å². The fourth-order valence-electron chi connectivity index (χ4n) is 6.65. The van der Waals surface area contributed by atoms with E-state index < -0.39 is 35.3 Å². The van der Waals surface area contributed by atoms with Gasteiger partial charge in [-0.3, -0.25) is 24.6 Å². The summed E-state index contributed by atoms with van der Waals surface area (Å²) < 4.78 is 5.59. The van der Waals surface area contributed by atoms with Crippen molar-refractivity contribution >= 4 is 40.7 Å². The molecule has 4 aromatic rings. The van der Waals surface area contributed by atoms with E-state index in [2.05, 4.69) is 5.32 Å². The summed E-state index contributed by atoms with van der Waals surface area (Å²) in [5.74, 6) is -3.87. The summed E-state index contributed by atoms with van der Waals surface area (Å²) in [6.07, 6.45) is 4.91. The third kappa shape index (κ3) is 5.56. The number of hydrogen-bond acceptors (Lipinski definition) is 5. The number of fused-ring (bicyclic) bond motifs is 2. The minimum absolute atomic E-state index is 0.0575. The van der Waals surface area contributed by atoms with E-state index in [1.54, 1.807) is 0 Å². The Labute approximate surface area is 257 Å². The zero-order valence-corrected chi connectivity index (χ0v) is 24.7. The van der Waals surface area contributed by atoms with Gasteiger partial charge in [-0.1, -0.05) is 116 Å². The second-order valence-electron chi connectivity index (χ2n) is 11.6. The quantitative estimate of drug-likeness (QED) is 0.132. The summed E-state index contributed by atoms with van der Waals surface area (Å²) in [5, 5.41) is 16.2.